The first kappa shape index (κ1) is 15.4. The van der Waals surface area contributed by atoms with E-state index in [1.807, 2.05) is 57.4 Å². The van der Waals surface area contributed by atoms with Crippen LogP contribution in [0.1, 0.15) is 25.3 Å². The van der Waals surface area contributed by atoms with Gasteiger partial charge in [0.1, 0.15) is 0 Å². The first-order chi connectivity index (χ1) is 9.13. The molecular weight excluding hydrogens is 236 g/mol. The van der Waals surface area contributed by atoms with Gasteiger partial charge in [0, 0.05) is 12.1 Å². The minimum Gasteiger partial charge on any atom is -0.352 e. The van der Waals surface area contributed by atoms with Gasteiger partial charge in [-0.05, 0) is 45.1 Å². The van der Waals surface area contributed by atoms with Crippen LogP contribution in [0.5, 0.6) is 0 Å². The summed E-state index contributed by atoms with van der Waals surface area (Å²) in [5.74, 6) is 0.0464. The van der Waals surface area contributed by atoms with Gasteiger partial charge in [-0.15, -0.1) is 0 Å². The van der Waals surface area contributed by atoms with Gasteiger partial charge in [-0.25, -0.2) is 0 Å². The van der Waals surface area contributed by atoms with Crippen LogP contribution in [0.3, 0.4) is 0 Å². The van der Waals surface area contributed by atoms with Crippen LogP contribution in [0.2, 0.25) is 0 Å². The first-order valence-corrected chi connectivity index (χ1v) is 6.82. The lowest BCUT2D eigenvalue weighted by Crippen LogP contribution is -2.28. The van der Waals surface area contributed by atoms with E-state index >= 15 is 0 Å². The molecule has 19 heavy (non-hydrogen) atoms. The van der Waals surface area contributed by atoms with Crippen molar-refractivity contribution < 1.29 is 4.79 Å². The van der Waals surface area contributed by atoms with Crippen LogP contribution in [0, 0.1) is 0 Å². The van der Waals surface area contributed by atoms with E-state index in [-0.39, 0.29) is 5.91 Å². The van der Waals surface area contributed by atoms with E-state index in [4.69, 9.17) is 0 Å². The van der Waals surface area contributed by atoms with Gasteiger partial charge < -0.3 is 10.2 Å². The SMILES string of the molecule is CC/C(=C\c1ccccc1)C(=O)NCCCN(C)C. The maximum absolute atomic E-state index is 12.0. The first-order valence-electron chi connectivity index (χ1n) is 6.82. The lowest BCUT2D eigenvalue weighted by molar-refractivity contribution is -0.117. The zero-order valence-corrected chi connectivity index (χ0v) is 12.1. The van der Waals surface area contributed by atoms with E-state index in [1.54, 1.807) is 0 Å². The van der Waals surface area contributed by atoms with Gasteiger partial charge in [-0.1, -0.05) is 37.3 Å². The van der Waals surface area contributed by atoms with E-state index < -0.39 is 0 Å². The summed E-state index contributed by atoms with van der Waals surface area (Å²) in [7, 11) is 4.07. The Morgan fingerprint density at radius 1 is 1.26 bits per heavy atom. The second-order valence-electron chi connectivity index (χ2n) is 4.85. The van der Waals surface area contributed by atoms with Crippen molar-refractivity contribution in [2.75, 3.05) is 27.2 Å². The highest BCUT2D eigenvalue weighted by Crippen LogP contribution is 2.09. The van der Waals surface area contributed by atoms with E-state index in [9.17, 15) is 4.79 Å². The Labute approximate surface area is 116 Å². The number of nitrogens with zero attached hydrogens (tertiary/aromatic N) is 1. The number of hydrogen-bond acceptors (Lipinski definition) is 2. The molecule has 1 aromatic carbocycles. The van der Waals surface area contributed by atoms with Crippen LogP contribution < -0.4 is 5.32 Å². The predicted molar refractivity (Wildman–Crippen MR) is 80.9 cm³/mol. The van der Waals surface area contributed by atoms with Gasteiger partial charge in [-0.2, -0.15) is 0 Å². The molecule has 0 unspecified atom stereocenters. The summed E-state index contributed by atoms with van der Waals surface area (Å²) in [5, 5.41) is 2.98. The Morgan fingerprint density at radius 3 is 2.53 bits per heavy atom. The molecule has 0 radical (unpaired) electrons. The monoisotopic (exact) mass is 260 g/mol. The van der Waals surface area contributed by atoms with Crippen molar-refractivity contribution in [1.82, 2.24) is 10.2 Å². The normalized spacial score (nSPS) is 11.7. The molecule has 1 amide bonds. The molecule has 104 valence electrons. The van der Waals surface area contributed by atoms with Crippen LogP contribution in [0.25, 0.3) is 6.08 Å². The molecule has 0 aliphatic heterocycles. The van der Waals surface area contributed by atoms with Crippen LogP contribution in [-0.4, -0.2) is 38.0 Å². The molecule has 0 saturated carbocycles. The number of rotatable bonds is 7. The third kappa shape index (κ3) is 6.20. The largest absolute Gasteiger partial charge is 0.352 e. The van der Waals surface area contributed by atoms with Gasteiger partial charge >= 0.3 is 0 Å². The van der Waals surface area contributed by atoms with Crippen molar-refractivity contribution in [2.24, 2.45) is 0 Å². The third-order valence-electron chi connectivity index (χ3n) is 2.88. The van der Waals surface area contributed by atoms with E-state index in [2.05, 4.69) is 10.2 Å². The fraction of sp³-hybridized carbons (Fsp3) is 0.438. The summed E-state index contributed by atoms with van der Waals surface area (Å²) < 4.78 is 0. The fourth-order valence-corrected chi connectivity index (χ4v) is 1.79. The van der Waals surface area contributed by atoms with E-state index in [0.29, 0.717) is 0 Å². The molecular formula is C16H24N2O. The number of benzene rings is 1. The number of nitrogens with one attached hydrogen (secondary N) is 1. The quantitative estimate of drug-likeness (QED) is 0.603. The molecule has 0 atom stereocenters. The average Bonchev–Trinajstić information content (AvgIpc) is 2.41. The highest BCUT2D eigenvalue weighted by Gasteiger charge is 2.06. The standard InChI is InChI=1S/C16H24N2O/c1-4-15(13-14-9-6-5-7-10-14)16(19)17-11-8-12-18(2)3/h5-7,9-10,13H,4,8,11-12H2,1-3H3,(H,17,19)/b15-13+. The number of carbonyl (C=O) groups is 1. The Bertz CT molecular complexity index is 410. The van der Waals surface area contributed by atoms with Crippen LogP contribution in [0.15, 0.2) is 35.9 Å². The molecule has 0 aromatic heterocycles. The topological polar surface area (TPSA) is 32.3 Å². The molecule has 0 bridgehead atoms. The zero-order chi connectivity index (χ0) is 14.1. The highest BCUT2D eigenvalue weighted by molar-refractivity contribution is 5.97. The summed E-state index contributed by atoms with van der Waals surface area (Å²) >= 11 is 0. The Kier molecular flexibility index (Phi) is 6.90. The van der Waals surface area contributed by atoms with Gasteiger partial charge in [0.15, 0.2) is 0 Å². The van der Waals surface area contributed by atoms with Crippen LogP contribution >= 0.6 is 0 Å². The molecule has 1 rings (SSSR count). The molecule has 3 nitrogen and oxygen atoms in total. The molecule has 0 heterocycles. The summed E-state index contributed by atoms with van der Waals surface area (Å²) in [6, 6.07) is 9.95. The average molecular weight is 260 g/mol. The highest BCUT2D eigenvalue weighted by atomic mass is 16.1. The summed E-state index contributed by atoms with van der Waals surface area (Å²) in [6.07, 6.45) is 3.68. The molecule has 1 aromatic rings. The van der Waals surface area contributed by atoms with Gasteiger partial charge in [0.25, 0.3) is 0 Å². The minimum absolute atomic E-state index is 0.0464. The second kappa shape index (κ2) is 8.48. The Hall–Kier alpha value is -1.61. The van der Waals surface area contributed by atoms with Gasteiger partial charge in [0.05, 0.1) is 0 Å². The van der Waals surface area contributed by atoms with Gasteiger partial charge in [0.2, 0.25) is 5.91 Å². The maximum atomic E-state index is 12.0. The van der Waals surface area contributed by atoms with E-state index in [0.717, 1.165) is 37.1 Å². The minimum atomic E-state index is 0.0464. The predicted octanol–water partition coefficient (Wildman–Crippen LogP) is 2.55. The molecule has 1 N–H and O–H groups in total. The Morgan fingerprint density at radius 2 is 1.95 bits per heavy atom. The van der Waals surface area contributed by atoms with Crippen molar-refractivity contribution in [2.45, 2.75) is 19.8 Å². The Balaban J connectivity index is 2.50. The molecule has 0 spiro atoms. The second-order valence-corrected chi connectivity index (χ2v) is 4.85. The fourth-order valence-electron chi connectivity index (χ4n) is 1.79. The molecule has 3 heteroatoms. The van der Waals surface area contributed by atoms with E-state index in [1.165, 1.54) is 0 Å². The summed E-state index contributed by atoms with van der Waals surface area (Å²) in [4.78, 5) is 14.1. The molecule has 0 aliphatic rings. The lowest BCUT2D eigenvalue weighted by Gasteiger charge is -2.10. The molecule has 0 saturated heterocycles. The zero-order valence-electron chi connectivity index (χ0n) is 12.1. The van der Waals surface area contributed by atoms with Gasteiger partial charge in [-0.3, -0.25) is 4.79 Å². The number of carbonyl (C=O) groups excluding carboxylic acids is 1. The van der Waals surface area contributed by atoms with Crippen molar-refractivity contribution in [3.05, 3.63) is 41.5 Å². The number of amides is 1. The van der Waals surface area contributed by atoms with Crippen molar-refractivity contribution in [3.63, 3.8) is 0 Å². The lowest BCUT2D eigenvalue weighted by atomic mass is 10.1. The van der Waals surface area contributed by atoms with Crippen molar-refractivity contribution >= 4 is 12.0 Å². The summed E-state index contributed by atoms with van der Waals surface area (Å²) in [5.41, 5.74) is 1.90. The smallest absolute Gasteiger partial charge is 0.247 e. The van der Waals surface area contributed by atoms with Crippen LogP contribution in [0.4, 0.5) is 0 Å². The van der Waals surface area contributed by atoms with Crippen molar-refractivity contribution in [1.29, 1.82) is 0 Å². The molecule has 0 aliphatic carbocycles. The maximum Gasteiger partial charge on any atom is 0.247 e. The number of hydrogen-bond donors (Lipinski definition) is 1. The third-order valence-corrected chi connectivity index (χ3v) is 2.88. The summed E-state index contributed by atoms with van der Waals surface area (Å²) in [6.45, 7) is 3.72. The molecule has 0 fully saturated rings. The van der Waals surface area contributed by atoms with Crippen molar-refractivity contribution in [3.8, 4) is 0 Å². The van der Waals surface area contributed by atoms with Crippen LogP contribution in [-0.2, 0) is 4.79 Å².